The molecule has 7 heteroatoms. The number of carbonyl (C=O) groups is 2. The smallest absolute Gasteiger partial charge is 0.243 e. The summed E-state index contributed by atoms with van der Waals surface area (Å²) in [7, 11) is 0. The van der Waals surface area contributed by atoms with Crippen molar-refractivity contribution in [2.24, 2.45) is 17.8 Å². The minimum absolute atomic E-state index is 0.211. The Morgan fingerprint density at radius 3 is 2.24 bits per heavy atom. The molecule has 1 aromatic carbocycles. The summed E-state index contributed by atoms with van der Waals surface area (Å²) in [4.78, 5) is 25.8. The van der Waals surface area contributed by atoms with Crippen molar-refractivity contribution < 1.29 is 14.0 Å². The van der Waals surface area contributed by atoms with E-state index in [1.54, 1.807) is 0 Å². The molecule has 0 spiro atoms. The largest absolute Gasteiger partial charge is 0.385 e. The lowest BCUT2D eigenvalue weighted by Gasteiger charge is -2.57. The molecule has 7 rings (SSSR count). The molecule has 4 saturated carbocycles. The molecule has 5 fully saturated rings. The van der Waals surface area contributed by atoms with Crippen LogP contribution >= 0.6 is 0 Å². The van der Waals surface area contributed by atoms with Crippen LogP contribution in [0.3, 0.4) is 0 Å². The van der Waals surface area contributed by atoms with E-state index in [9.17, 15) is 14.0 Å². The van der Waals surface area contributed by atoms with Gasteiger partial charge in [-0.2, -0.15) is 0 Å². The number of fused-ring (bicyclic) bond motifs is 1. The van der Waals surface area contributed by atoms with Crippen molar-refractivity contribution in [2.75, 3.05) is 18.4 Å². The van der Waals surface area contributed by atoms with Crippen molar-refractivity contribution in [1.82, 2.24) is 15.5 Å². The fraction of sp³-hybridized carbons (Fsp3) is 0.733. The van der Waals surface area contributed by atoms with Crippen LogP contribution in [0.15, 0.2) is 12.1 Å². The lowest BCUT2D eigenvalue weighted by Crippen LogP contribution is -2.58. The van der Waals surface area contributed by atoms with Crippen LogP contribution in [0.2, 0.25) is 0 Å². The molecule has 4 bridgehead atoms. The van der Waals surface area contributed by atoms with Gasteiger partial charge in [-0.1, -0.05) is 19.3 Å². The molecular formula is C30H43FN4O2. The first kappa shape index (κ1) is 25.3. The fourth-order valence-electron chi connectivity index (χ4n) is 8.58. The molecule has 0 radical (unpaired) electrons. The number of benzene rings is 1. The zero-order valence-electron chi connectivity index (χ0n) is 22.1. The van der Waals surface area contributed by atoms with Crippen LogP contribution in [0.4, 0.5) is 10.1 Å². The van der Waals surface area contributed by atoms with Gasteiger partial charge in [-0.15, -0.1) is 0 Å². The van der Waals surface area contributed by atoms with Gasteiger partial charge >= 0.3 is 0 Å². The van der Waals surface area contributed by atoms with Gasteiger partial charge in [-0.05, 0) is 99.8 Å². The molecule has 3 N–H and O–H groups in total. The van der Waals surface area contributed by atoms with E-state index in [4.69, 9.17) is 0 Å². The normalized spacial score (nSPS) is 32.6. The average molecular weight is 511 g/mol. The number of unbranched alkanes of at least 4 members (excludes halogenated alkanes) is 4. The molecule has 6 nitrogen and oxygen atoms in total. The van der Waals surface area contributed by atoms with Crippen molar-refractivity contribution in [3.63, 3.8) is 0 Å². The predicted molar refractivity (Wildman–Crippen MR) is 142 cm³/mol. The second-order valence-electron chi connectivity index (χ2n) is 12.7. The third-order valence-electron chi connectivity index (χ3n) is 9.95. The quantitative estimate of drug-likeness (QED) is 0.293. The topological polar surface area (TPSA) is 73.5 Å². The third-order valence-corrected chi connectivity index (χ3v) is 9.95. The highest BCUT2D eigenvalue weighted by Gasteiger charge is 2.50. The van der Waals surface area contributed by atoms with Crippen molar-refractivity contribution in [2.45, 2.75) is 108 Å². The summed E-state index contributed by atoms with van der Waals surface area (Å²) in [6.07, 6.45) is 15.8. The molecular weight excluding hydrogens is 467 g/mol. The molecule has 1 atom stereocenters. The van der Waals surface area contributed by atoms with Gasteiger partial charge in [0.15, 0.2) is 0 Å². The van der Waals surface area contributed by atoms with Crippen LogP contribution in [0.5, 0.6) is 0 Å². The molecule has 2 amide bonds. The number of imide groups is 1. The molecule has 1 aromatic rings. The number of hydrogen-bond donors (Lipinski definition) is 3. The first-order valence-corrected chi connectivity index (χ1v) is 14.8. The van der Waals surface area contributed by atoms with E-state index in [1.807, 2.05) is 11.0 Å². The van der Waals surface area contributed by atoms with Crippen molar-refractivity contribution in [1.29, 1.82) is 0 Å². The molecule has 1 unspecified atom stereocenters. The SMILES string of the molecule is O=C1CCC(N2Cc3c(F)ccc(NCCCCCCCNC45CC6CC(CC(C6)C4)C5)c3C2)C(=O)N1. The maximum atomic E-state index is 14.6. The number of nitrogens with zero attached hydrogens (tertiary/aromatic N) is 1. The Balaban J connectivity index is 0.893. The van der Waals surface area contributed by atoms with E-state index >= 15 is 0 Å². The van der Waals surface area contributed by atoms with Crippen LogP contribution in [0, 0.1) is 23.6 Å². The second-order valence-corrected chi connectivity index (χ2v) is 12.7. The third kappa shape index (κ3) is 5.44. The van der Waals surface area contributed by atoms with Gasteiger partial charge < -0.3 is 10.6 Å². The standard InChI is InChI=1S/C30H43FN4O2/c31-25-6-7-26(24-19-35(18-23(24)25)27-8-9-28(36)34-29(27)37)32-10-4-2-1-3-5-11-33-30-15-20-12-21(16-30)14-22(13-20)17-30/h6-7,20-22,27,32-33H,1-5,8-19H2,(H,34,36,37). The van der Waals surface area contributed by atoms with Gasteiger partial charge in [0.05, 0.1) is 6.04 Å². The molecule has 2 heterocycles. The molecule has 6 aliphatic rings. The zero-order chi connectivity index (χ0) is 25.4. The van der Waals surface area contributed by atoms with Crippen LogP contribution in [-0.2, 0) is 22.7 Å². The highest BCUT2D eigenvalue weighted by Crippen LogP contribution is 2.55. The highest BCUT2D eigenvalue weighted by atomic mass is 19.1. The van der Waals surface area contributed by atoms with E-state index in [0.29, 0.717) is 37.0 Å². The zero-order valence-corrected chi connectivity index (χ0v) is 22.1. The minimum atomic E-state index is -0.366. The summed E-state index contributed by atoms with van der Waals surface area (Å²) in [5, 5.41) is 9.98. The van der Waals surface area contributed by atoms with Gasteiger partial charge in [0, 0.05) is 42.8 Å². The van der Waals surface area contributed by atoms with Gasteiger partial charge in [0.2, 0.25) is 11.8 Å². The number of piperidine rings is 1. The highest BCUT2D eigenvalue weighted by molar-refractivity contribution is 6.00. The van der Waals surface area contributed by atoms with Crippen LogP contribution in [-0.4, -0.2) is 41.4 Å². The first-order chi connectivity index (χ1) is 18.0. The Hall–Kier alpha value is -1.99. The maximum Gasteiger partial charge on any atom is 0.243 e. The Kier molecular flexibility index (Phi) is 7.28. The fourth-order valence-corrected chi connectivity index (χ4v) is 8.58. The molecule has 0 aromatic heterocycles. The predicted octanol–water partition coefficient (Wildman–Crippen LogP) is 4.87. The average Bonchev–Trinajstić information content (AvgIpc) is 3.29. The summed E-state index contributed by atoms with van der Waals surface area (Å²) in [6.45, 7) is 3.01. The molecule has 2 aliphatic heterocycles. The summed E-state index contributed by atoms with van der Waals surface area (Å²) in [5.41, 5.74) is 3.11. The van der Waals surface area contributed by atoms with Gasteiger partial charge in [-0.25, -0.2) is 4.39 Å². The Labute approximate surface area is 220 Å². The van der Waals surface area contributed by atoms with Crippen LogP contribution in [0.1, 0.15) is 94.6 Å². The number of carbonyl (C=O) groups excluding carboxylic acids is 2. The molecule has 202 valence electrons. The van der Waals surface area contributed by atoms with Crippen LogP contribution in [0.25, 0.3) is 0 Å². The first-order valence-electron chi connectivity index (χ1n) is 14.8. The molecule has 37 heavy (non-hydrogen) atoms. The van der Waals surface area contributed by atoms with E-state index in [0.717, 1.165) is 42.0 Å². The maximum absolute atomic E-state index is 14.6. The van der Waals surface area contributed by atoms with Gasteiger partial charge in [0.1, 0.15) is 5.82 Å². The summed E-state index contributed by atoms with van der Waals surface area (Å²) >= 11 is 0. The monoisotopic (exact) mass is 510 g/mol. The molecule has 4 aliphatic carbocycles. The Morgan fingerprint density at radius 2 is 1.54 bits per heavy atom. The second kappa shape index (κ2) is 10.6. The lowest BCUT2D eigenvalue weighted by atomic mass is 9.53. The summed E-state index contributed by atoms with van der Waals surface area (Å²) in [6, 6.07) is 3.00. The van der Waals surface area contributed by atoms with E-state index in [1.165, 1.54) is 76.8 Å². The van der Waals surface area contributed by atoms with Crippen LogP contribution < -0.4 is 16.0 Å². The minimum Gasteiger partial charge on any atom is -0.385 e. The van der Waals surface area contributed by atoms with Crippen molar-refractivity contribution in [3.05, 3.63) is 29.1 Å². The van der Waals surface area contributed by atoms with E-state index in [-0.39, 0.29) is 23.7 Å². The number of anilines is 1. The molecule has 1 saturated heterocycles. The van der Waals surface area contributed by atoms with Gasteiger partial charge in [-0.3, -0.25) is 19.8 Å². The number of nitrogens with one attached hydrogen (secondary N) is 3. The lowest BCUT2D eigenvalue weighted by molar-refractivity contribution is -0.137. The van der Waals surface area contributed by atoms with E-state index in [2.05, 4.69) is 16.0 Å². The van der Waals surface area contributed by atoms with Gasteiger partial charge in [0.25, 0.3) is 0 Å². The van der Waals surface area contributed by atoms with Crippen molar-refractivity contribution >= 4 is 17.5 Å². The number of rotatable bonds is 11. The Morgan fingerprint density at radius 1 is 0.892 bits per heavy atom. The Bertz CT molecular complexity index is 992. The summed E-state index contributed by atoms with van der Waals surface area (Å²) < 4.78 is 14.6. The number of amides is 2. The van der Waals surface area contributed by atoms with E-state index < -0.39 is 0 Å². The number of hydrogen-bond acceptors (Lipinski definition) is 5. The van der Waals surface area contributed by atoms with Crippen molar-refractivity contribution in [3.8, 4) is 0 Å². The summed E-state index contributed by atoms with van der Waals surface area (Å²) in [5.74, 6) is 2.34. The number of halogens is 1.